The second-order valence-electron chi connectivity index (χ2n) is 7.39. The zero-order valence-corrected chi connectivity index (χ0v) is 19.4. The van der Waals surface area contributed by atoms with Gasteiger partial charge >= 0.3 is 0 Å². The summed E-state index contributed by atoms with van der Waals surface area (Å²) in [6.45, 7) is 0.689. The number of furan rings is 1. The van der Waals surface area contributed by atoms with Gasteiger partial charge in [-0.3, -0.25) is 4.79 Å². The highest BCUT2D eigenvalue weighted by molar-refractivity contribution is 7.89. The number of thiophene rings is 2. The Morgan fingerprint density at radius 1 is 1.06 bits per heavy atom. The zero-order chi connectivity index (χ0) is 22.1. The summed E-state index contributed by atoms with van der Waals surface area (Å²) in [6.07, 6.45) is 2.32. The summed E-state index contributed by atoms with van der Waals surface area (Å²) >= 11 is 3.37. The van der Waals surface area contributed by atoms with Crippen LogP contribution in [0.5, 0.6) is 0 Å². The Morgan fingerprint density at radius 3 is 2.62 bits per heavy atom. The summed E-state index contributed by atoms with van der Waals surface area (Å²) < 4.78 is 32.8. The Kier molecular flexibility index (Phi) is 5.73. The molecule has 0 spiro atoms. The maximum Gasteiger partial charge on any atom is 0.254 e. The summed E-state index contributed by atoms with van der Waals surface area (Å²) in [4.78, 5) is 17.9. The molecule has 164 valence electrons. The minimum atomic E-state index is -3.71. The van der Waals surface area contributed by atoms with Gasteiger partial charge in [0, 0.05) is 21.9 Å². The van der Waals surface area contributed by atoms with Gasteiger partial charge in [0.15, 0.2) is 0 Å². The molecule has 1 N–H and O–H groups in total. The van der Waals surface area contributed by atoms with E-state index < -0.39 is 10.0 Å². The van der Waals surface area contributed by atoms with Gasteiger partial charge in [-0.1, -0.05) is 6.07 Å². The van der Waals surface area contributed by atoms with E-state index in [-0.39, 0.29) is 23.4 Å². The summed E-state index contributed by atoms with van der Waals surface area (Å²) in [5.74, 6) is 0.422. The van der Waals surface area contributed by atoms with Crippen molar-refractivity contribution in [3.05, 3.63) is 98.3 Å². The number of fused-ring (bicyclic) bond motifs is 1. The van der Waals surface area contributed by atoms with Gasteiger partial charge in [-0.15, -0.1) is 22.7 Å². The largest absolute Gasteiger partial charge is 0.468 e. The van der Waals surface area contributed by atoms with Gasteiger partial charge in [-0.05, 0) is 71.3 Å². The van der Waals surface area contributed by atoms with Crippen LogP contribution in [0.2, 0.25) is 0 Å². The molecule has 0 bridgehead atoms. The number of carbonyl (C=O) groups excluding carboxylic acids is 1. The lowest BCUT2D eigenvalue weighted by molar-refractivity contribution is 0.0698. The number of benzene rings is 1. The molecule has 0 saturated heterocycles. The van der Waals surface area contributed by atoms with Gasteiger partial charge in [0.1, 0.15) is 5.76 Å². The first-order chi connectivity index (χ1) is 15.5. The lowest BCUT2D eigenvalue weighted by atomic mass is 9.97. The van der Waals surface area contributed by atoms with Crippen molar-refractivity contribution >= 4 is 38.6 Å². The number of nitrogens with zero attached hydrogens (tertiary/aromatic N) is 1. The molecule has 1 atom stereocenters. The lowest BCUT2D eigenvalue weighted by Crippen LogP contribution is -2.39. The molecule has 4 aromatic rings. The molecule has 6 nitrogen and oxygen atoms in total. The third-order valence-corrected chi connectivity index (χ3v) is 8.81. The molecule has 3 aromatic heterocycles. The van der Waals surface area contributed by atoms with Crippen LogP contribution in [0.4, 0.5) is 0 Å². The van der Waals surface area contributed by atoms with Crippen molar-refractivity contribution in [2.75, 3.05) is 6.54 Å². The van der Waals surface area contributed by atoms with Crippen molar-refractivity contribution in [2.24, 2.45) is 0 Å². The molecular formula is C23H20N2O4S3. The summed E-state index contributed by atoms with van der Waals surface area (Å²) in [6, 6.07) is 15.5. The van der Waals surface area contributed by atoms with Crippen LogP contribution in [-0.2, 0) is 23.0 Å². The first-order valence-corrected chi connectivity index (χ1v) is 13.3. The van der Waals surface area contributed by atoms with Crippen molar-refractivity contribution in [1.29, 1.82) is 0 Å². The third-order valence-electron chi connectivity index (χ3n) is 5.47. The van der Waals surface area contributed by atoms with E-state index in [1.165, 1.54) is 28.8 Å². The maximum atomic E-state index is 13.4. The molecule has 0 aliphatic carbocycles. The van der Waals surface area contributed by atoms with Crippen LogP contribution in [0.25, 0.3) is 0 Å². The Hall–Kier alpha value is -2.72. The zero-order valence-electron chi connectivity index (χ0n) is 16.9. The molecular weight excluding hydrogens is 464 g/mol. The average Bonchev–Trinajstić information content (AvgIpc) is 3.59. The predicted molar refractivity (Wildman–Crippen MR) is 124 cm³/mol. The van der Waals surface area contributed by atoms with Crippen molar-refractivity contribution in [3.8, 4) is 0 Å². The van der Waals surface area contributed by atoms with E-state index >= 15 is 0 Å². The highest BCUT2D eigenvalue weighted by atomic mass is 32.2. The number of nitrogens with one attached hydrogen (secondary N) is 1. The molecule has 4 heterocycles. The Bertz CT molecular complexity index is 1310. The monoisotopic (exact) mass is 484 g/mol. The molecule has 1 aromatic carbocycles. The van der Waals surface area contributed by atoms with Crippen LogP contribution in [0.1, 0.15) is 37.5 Å². The van der Waals surface area contributed by atoms with Crippen molar-refractivity contribution in [1.82, 2.24) is 9.62 Å². The molecule has 0 fully saturated rings. The maximum absolute atomic E-state index is 13.4. The SMILES string of the molecule is O=C(c1ccc(S(=O)(=O)NCc2ccco2)cc1)N1CCc2sccc2C1c1cccs1. The molecule has 9 heteroatoms. The summed E-state index contributed by atoms with van der Waals surface area (Å²) in [5, 5.41) is 4.10. The van der Waals surface area contributed by atoms with E-state index in [9.17, 15) is 13.2 Å². The smallest absolute Gasteiger partial charge is 0.254 e. The van der Waals surface area contributed by atoms with E-state index in [0.717, 1.165) is 11.3 Å². The first kappa shape index (κ1) is 21.1. The third kappa shape index (κ3) is 4.04. The number of amides is 1. The second-order valence-corrected chi connectivity index (χ2v) is 11.1. The fraction of sp³-hybridized carbons (Fsp3) is 0.174. The normalized spacial score (nSPS) is 16.1. The van der Waals surface area contributed by atoms with Crippen LogP contribution >= 0.6 is 22.7 Å². The molecule has 1 aliphatic heterocycles. The standard InChI is InChI=1S/C23H20N2O4S3/c26-23(25-11-9-20-19(10-14-31-20)22(25)21-4-2-13-30-21)16-5-7-18(8-6-16)32(27,28)24-15-17-3-1-12-29-17/h1-8,10,12-14,22,24H,9,11,15H2. The van der Waals surface area contributed by atoms with Crippen LogP contribution in [-0.4, -0.2) is 25.8 Å². The Morgan fingerprint density at radius 2 is 1.91 bits per heavy atom. The van der Waals surface area contributed by atoms with Gasteiger partial charge in [0.2, 0.25) is 10.0 Å². The van der Waals surface area contributed by atoms with Gasteiger partial charge in [-0.2, -0.15) is 0 Å². The number of hydrogen-bond acceptors (Lipinski definition) is 6. The lowest BCUT2D eigenvalue weighted by Gasteiger charge is -2.35. The van der Waals surface area contributed by atoms with Crippen LogP contribution < -0.4 is 4.72 Å². The summed E-state index contributed by atoms with van der Waals surface area (Å²) in [7, 11) is -3.71. The van der Waals surface area contributed by atoms with E-state index in [4.69, 9.17) is 4.42 Å². The first-order valence-electron chi connectivity index (χ1n) is 10.1. The highest BCUT2D eigenvalue weighted by Gasteiger charge is 2.34. The van der Waals surface area contributed by atoms with Crippen LogP contribution in [0.15, 0.2) is 80.9 Å². The van der Waals surface area contributed by atoms with E-state index in [0.29, 0.717) is 17.9 Å². The van der Waals surface area contributed by atoms with Gasteiger partial charge < -0.3 is 9.32 Å². The van der Waals surface area contributed by atoms with Crippen molar-refractivity contribution in [3.63, 3.8) is 0 Å². The predicted octanol–water partition coefficient (Wildman–Crippen LogP) is 4.67. The molecule has 5 rings (SSSR count). The minimum Gasteiger partial charge on any atom is -0.468 e. The fourth-order valence-electron chi connectivity index (χ4n) is 3.89. The molecule has 0 saturated carbocycles. The minimum absolute atomic E-state index is 0.0647. The molecule has 32 heavy (non-hydrogen) atoms. The molecule has 1 amide bonds. The molecule has 1 aliphatic rings. The number of rotatable bonds is 6. The molecule has 1 unspecified atom stereocenters. The topological polar surface area (TPSA) is 79.6 Å². The van der Waals surface area contributed by atoms with Gasteiger partial charge in [0.05, 0.1) is 23.7 Å². The Balaban J connectivity index is 1.37. The second kappa shape index (κ2) is 8.67. The summed E-state index contributed by atoms with van der Waals surface area (Å²) in [5.41, 5.74) is 1.65. The van der Waals surface area contributed by atoms with E-state index in [1.54, 1.807) is 46.9 Å². The van der Waals surface area contributed by atoms with Gasteiger partial charge in [-0.25, -0.2) is 13.1 Å². The number of sulfonamides is 1. The number of carbonyl (C=O) groups is 1. The molecule has 0 radical (unpaired) electrons. The quantitative estimate of drug-likeness (QED) is 0.431. The van der Waals surface area contributed by atoms with Crippen molar-refractivity contribution < 1.29 is 17.6 Å². The Labute approximate surface area is 194 Å². The van der Waals surface area contributed by atoms with Gasteiger partial charge in [0.25, 0.3) is 5.91 Å². The average molecular weight is 485 g/mol. The van der Waals surface area contributed by atoms with E-state index in [2.05, 4.69) is 22.2 Å². The highest BCUT2D eigenvalue weighted by Crippen LogP contribution is 2.40. The van der Waals surface area contributed by atoms with Crippen LogP contribution in [0, 0.1) is 0 Å². The number of hydrogen-bond donors (Lipinski definition) is 1. The van der Waals surface area contributed by atoms with E-state index in [1.807, 2.05) is 16.3 Å². The van der Waals surface area contributed by atoms with Crippen molar-refractivity contribution in [2.45, 2.75) is 23.9 Å². The van der Waals surface area contributed by atoms with Crippen LogP contribution in [0.3, 0.4) is 0 Å². The fourth-order valence-corrected chi connectivity index (χ4v) is 6.65.